The lowest BCUT2D eigenvalue weighted by Crippen LogP contribution is -2.46. The minimum Gasteiger partial charge on any atom is -0.394 e. The van der Waals surface area contributed by atoms with Gasteiger partial charge in [-0.2, -0.15) is 0 Å². The molecular weight excluding hydrogens is 166 g/mol. The van der Waals surface area contributed by atoms with Gasteiger partial charge in [-0.15, -0.1) is 0 Å². The molecule has 3 nitrogen and oxygen atoms in total. The fraction of sp³-hybridized carbons (Fsp3) is 1.00. The molecular formula is C10H21NO2. The smallest absolute Gasteiger partial charge is 0.0895 e. The zero-order valence-corrected chi connectivity index (χ0v) is 8.53. The first kappa shape index (κ1) is 11.0. The van der Waals surface area contributed by atoms with E-state index in [1.165, 1.54) is 12.8 Å². The van der Waals surface area contributed by atoms with Gasteiger partial charge in [0, 0.05) is 12.6 Å². The maximum Gasteiger partial charge on any atom is 0.0895 e. The molecule has 78 valence electrons. The van der Waals surface area contributed by atoms with Crippen molar-refractivity contribution in [1.82, 2.24) is 5.32 Å². The zero-order valence-electron chi connectivity index (χ0n) is 8.53. The van der Waals surface area contributed by atoms with Gasteiger partial charge in [0.2, 0.25) is 0 Å². The summed E-state index contributed by atoms with van der Waals surface area (Å²) < 4.78 is 0. The number of nitrogens with one attached hydrogen (secondary N) is 1. The van der Waals surface area contributed by atoms with Gasteiger partial charge >= 0.3 is 0 Å². The van der Waals surface area contributed by atoms with Crippen LogP contribution >= 0.6 is 0 Å². The molecule has 0 radical (unpaired) electrons. The van der Waals surface area contributed by atoms with E-state index < -0.39 is 6.10 Å². The molecule has 0 amide bonds. The topological polar surface area (TPSA) is 52.5 Å². The Hall–Kier alpha value is -0.120. The lowest BCUT2D eigenvalue weighted by molar-refractivity contribution is 0.0800. The van der Waals surface area contributed by atoms with Gasteiger partial charge in [-0.05, 0) is 24.7 Å². The van der Waals surface area contributed by atoms with Gasteiger partial charge in [0.15, 0.2) is 0 Å². The average molecular weight is 187 g/mol. The first-order valence-corrected chi connectivity index (χ1v) is 5.15. The monoisotopic (exact) mass is 187 g/mol. The van der Waals surface area contributed by atoms with E-state index in [4.69, 9.17) is 10.2 Å². The molecule has 1 unspecified atom stereocenters. The van der Waals surface area contributed by atoms with E-state index in [1.807, 2.05) is 0 Å². The van der Waals surface area contributed by atoms with Crippen molar-refractivity contribution in [1.29, 1.82) is 0 Å². The molecule has 1 atom stereocenters. The third-order valence-electron chi connectivity index (χ3n) is 2.97. The van der Waals surface area contributed by atoms with E-state index in [1.54, 1.807) is 0 Å². The maximum absolute atomic E-state index is 9.09. The molecule has 1 fully saturated rings. The molecule has 3 N–H and O–H groups in total. The zero-order chi connectivity index (χ0) is 9.84. The number of aliphatic hydroxyl groups is 2. The van der Waals surface area contributed by atoms with Gasteiger partial charge in [-0.25, -0.2) is 0 Å². The van der Waals surface area contributed by atoms with Crippen molar-refractivity contribution in [2.45, 2.75) is 38.8 Å². The molecule has 0 aliphatic heterocycles. The van der Waals surface area contributed by atoms with Crippen LogP contribution in [0.4, 0.5) is 0 Å². The first-order valence-electron chi connectivity index (χ1n) is 5.15. The Morgan fingerprint density at radius 2 is 2.00 bits per heavy atom. The second-order valence-electron chi connectivity index (χ2n) is 4.42. The van der Waals surface area contributed by atoms with E-state index in [2.05, 4.69) is 19.2 Å². The molecule has 1 saturated carbocycles. The SMILES string of the molecule is CC(C)C1CC(NCC(O)CO)C1. The Bertz CT molecular complexity index is 144. The molecule has 3 heteroatoms. The van der Waals surface area contributed by atoms with Crippen molar-refractivity contribution in [3.05, 3.63) is 0 Å². The third kappa shape index (κ3) is 3.25. The van der Waals surface area contributed by atoms with E-state index >= 15 is 0 Å². The van der Waals surface area contributed by atoms with Crippen LogP contribution in [-0.2, 0) is 0 Å². The fourth-order valence-electron chi connectivity index (χ4n) is 1.74. The van der Waals surface area contributed by atoms with Crippen molar-refractivity contribution in [3.8, 4) is 0 Å². The molecule has 0 bridgehead atoms. The minimum atomic E-state index is -0.599. The Morgan fingerprint density at radius 3 is 2.46 bits per heavy atom. The summed E-state index contributed by atoms with van der Waals surface area (Å²) in [7, 11) is 0. The van der Waals surface area contributed by atoms with Crippen LogP contribution < -0.4 is 5.32 Å². The van der Waals surface area contributed by atoms with Gasteiger partial charge in [-0.1, -0.05) is 13.8 Å². The van der Waals surface area contributed by atoms with Crippen LogP contribution in [0, 0.1) is 11.8 Å². The Balaban J connectivity index is 2.02. The molecule has 1 aliphatic rings. The summed E-state index contributed by atoms with van der Waals surface area (Å²) in [6.45, 7) is 4.88. The largest absolute Gasteiger partial charge is 0.394 e. The van der Waals surface area contributed by atoms with Crippen molar-refractivity contribution in [2.75, 3.05) is 13.2 Å². The van der Waals surface area contributed by atoms with Gasteiger partial charge < -0.3 is 15.5 Å². The quantitative estimate of drug-likeness (QED) is 0.582. The van der Waals surface area contributed by atoms with Crippen LogP contribution in [0.5, 0.6) is 0 Å². The molecule has 0 aromatic rings. The van der Waals surface area contributed by atoms with Crippen LogP contribution in [0.15, 0.2) is 0 Å². The Kier molecular flexibility index (Phi) is 4.16. The lowest BCUT2D eigenvalue weighted by Gasteiger charge is -2.39. The summed E-state index contributed by atoms with van der Waals surface area (Å²) in [5, 5.41) is 20.9. The molecule has 1 rings (SSSR count). The molecule has 0 aromatic heterocycles. The maximum atomic E-state index is 9.09. The van der Waals surface area contributed by atoms with Crippen LogP contribution in [0.1, 0.15) is 26.7 Å². The highest BCUT2D eigenvalue weighted by Crippen LogP contribution is 2.33. The van der Waals surface area contributed by atoms with Crippen molar-refractivity contribution < 1.29 is 10.2 Å². The van der Waals surface area contributed by atoms with Gasteiger partial charge in [-0.3, -0.25) is 0 Å². The van der Waals surface area contributed by atoms with E-state index in [9.17, 15) is 0 Å². The summed E-state index contributed by atoms with van der Waals surface area (Å²) in [6, 6.07) is 0.564. The lowest BCUT2D eigenvalue weighted by atomic mass is 9.73. The van der Waals surface area contributed by atoms with Crippen LogP contribution in [0.25, 0.3) is 0 Å². The highest BCUT2D eigenvalue weighted by atomic mass is 16.3. The van der Waals surface area contributed by atoms with Crippen LogP contribution in [-0.4, -0.2) is 35.5 Å². The van der Waals surface area contributed by atoms with Crippen LogP contribution in [0.2, 0.25) is 0 Å². The average Bonchev–Trinajstić information content (AvgIpc) is 2.00. The van der Waals surface area contributed by atoms with Crippen molar-refractivity contribution in [2.24, 2.45) is 11.8 Å². The predicted molar refractivity (Wildman–Crippen MR) is 52.4 cm³/mol. The molecule has 0 saturated heterocycles. The number of hydrogen-bond acceptors (Lipinski definition) is 3. The summed E-state index contributed by atoms with van der Waals surface area (Å²) in [4.78, 5) is 0. The summed E-state index contributed by atoms with van der Waals surface area (Å²) in [6.07, 6.45) is 1.84. The number of rotatable bonds is 5. The molecule has 0 aromatic carbocycles. The number of hydrogen-bond donors (Lipinski definition) is 3. The molecule has 13 heavy (non-hydrogen) atoms. The third-order valence-corrected chi connectivity index (χ3v) is 2.97. The summed E-state index contributed by atoms with van der Waals surface area (Å²) >= 11 is 0. The van der Waals surface area contributed by atoms with E-state index in [-0.39, 0.29) is 6.61 Å². The molecule has 0 heterocycles. The minimum absolute atomic E-state index is 0.146. The number of aliphatic hydroxyl groups excluding tert-OH is 2. The Labute approximate surface area is 80.2 Å². The van der Waals surface area contributed by atoms with Gasteiger partial charge in [0.05, 0.1) is 12.7 Å². The normalized spacial score (nSPS) is 30.2. The second-order valence-corrected chi connectivity index (χ2v) is 4.42. The Morgan fingerprint density at radius 1 is 1.38 bits per heavy atom. The highest BCUT2D eigenvalue weighted by Gasteiger charge is 2.30. The van der Waals surface area contributed by atoms with Crippen molar-refractivity contribution >= 4 is 0 Å². The molecule has 1 aliphatic carbocycles. The van der Waals surface area contributed by atoms with Crippen LogP contribution in [0.3, 0.4) is 0 Å². The first-order chi connectivity index (χ1) is 6.13. The van der Waals surface area contributed by atoms with E-state index in [0.29, 0.717) is 12.6 Å². The predicted octanol–water partition coefficient (Wildman–Crippen LogP) is 0.364. The highest BCUT2D eigenvalue weighted by molar-refractivity contribution is 4.86. The molecule has 0 spiro atoms. The second kappa shape index (κ2) is 4.94. The van der Waals surface area contributed by atoms with E-state index in [0.717, 1.165) is 11.8 Å². The van der Waals surface area contributed by atoms with Gasteiger partial charge in [0.25, 0.3) is 0 Å². The fourth-order valence-corrected chi connectivity index (χ4v) is 1.74. The van der Waals surface area contributed by atoms with Gasteiger partial charge in [0.1, 0.15) is 0 Å². The standard InChI is InChI=1S/C10H21NO2/c1-7(2)8-3-9(4-8)11-5-10(13)6-12/h7-13H,3-6H2,1-2H3. The van der Waals surface area contributed by atoms with Crippen molar-refractivity contribution in [3.63, 3.8) is 0 Å². The summed E-state index contributed by atoms with van der Waals surface area (Å²) in [5.41, 5.74) is 0. The summed E-state index contributed by atoms with van der Waals surface area (Å²) in [5.74, 6) is 1.63.